The molecule has 1 aliphatic rings. The quantitative estimate of drug-likeness (QED) is 0.734. The molecule has 1 fully saturated rings. The van der Waals surface area contributed by atoms with Crippen LogP contribution >= 0.6 is 0 Å². The molecule has 0 heterocycles. The Bertz CT molecular complexity index is 728. The Hall–Kier alpha value is -1.81. The Balaban J connectivity index is 1.94. The lowest BCUT2D eigenvalue weighted by molar-refractivity contribution is -0.274. The molecular formula is C17H23F3N2O4S. The van der Waals surface area contributed by atoms with Crippen LogP contribution in [0.1, 0.15) is 38.5 Å². The second kappa shape index (κ2) is 8.92. The average Bonchev–Trinajstić information content (AvgIpc) is 2.87. The van der Waals surface area contributed by atoms with E-state index in [2.05, 4.69) is 9.46 Å². The van der Waals surface area contributed by atoms with E-state index < -0.39 is 28.7 Å². The van der Waals surface area contributed by atoms with E-state index in [-0.39, 0.29) is 16.8 Å². The van der Waals surface area contributed by atoms with Gasteiger partial charge in [0.05, 0.1) is 11.4 Å². The number of amides is 1. The number of carbonyl (C=O) groups is 1. The predicted octanol–water partition coefficient (Wildman–Crippen LogP) is 3.04. The lowest BCUT2D eigenvalue weighted by Crippen LogP contribution is -2.43. The van der Waals surface area contributed by atoms with Crippen molar-refractivity contribution >= 4 is 15.9 Å². The molecule has 0 unspecified atom stereocenters. The third-order valence-electron chi connectivity index (χ3n) is 4.55. The SMILES string of the molecule is CN(C(=O)CNS(=O)(=O)c1ccc(OC(F)(F)F)cc1)C1CCCCCC1. The van der Waals surface area contributed by atoms with Gasteiger partial charge >= 0.3 is 6.36 Å². The number of ether oxygens (including phenoxy) is 1. The van der Waals surface area contributed by atoms with Gasteiger partial charge in [-0.25, -0.2) is 13.1 Å². The number of hydrogen-bond donors (Lipinski definition) is 1. The molecule has 0 radical (unpaired) electrons. The molecule has 10 heteroatoms. The lowest BCUT2D eigenvalue weighted by Gasteiger charge is -2.27. The number of carbonyl (C=O) groups excluding carboxylic acids is 1. The average molecular weight is 408 g/mol. The van der Waals surface area contributed by atoms with Crippen LogP contribution < -0.4 is 9.46 Å². The van der Waals surface area contributed by atoms with Gasteiger partial charge in [0.15, 0.2) is 0 Å². The van der Waals surface area contributed by atoms with E-state index in [0.717, 1.165) is 62.8 Å². The van der Waals surface area contributed by atoms with Crippen molar-refractivity contribution in [1.29, 1.82) is 0 Å². The number of nitrogens with zero attached hydrogens (tertiary/aromatic N) is 1. The number of hydrogen-bond acceptors (Lipinski definition) is 4. The summed E-state index contributed by atoms with van der Waals surface area (Å²) in [5, 5.41) is 0. The van der Waals surface area contributed by atoms with E-state index in [0.29, 0.717) is 0 Å². The zero-order valence-corrected chi connectivity index (χ0v) is 15.8. The van der Waals surface area contributed by atoms with Crippen LogP contribution in [0.15, 0.2) is 29.2 Å². The standard InChI is InChI=1S/C17H23F3N2O4S/c1-22(13-6-4-2-3-5-7-13)16(23)12-21-27(24,25)15-10-8-14(9-11-15)26-17(18,19)20/h8-11,13,21H,2-7,12H2,1H3. The summed E-state index contributed by atoms with van der Waals surface area (Å²) in [4.78, 5) is 13.6. The first-order chi connectivity index (χ1) is 12.6. The number of rotatable bonds is 6. The molecule has 27 heavy (non-hydrogen) atoms. The summed E-state index contributed by atoms with van der Waals surface area (Å²) in [7, 11) is -2.36. The molecule has 0 bridgehead atoms. The van der Waals surface area contributed by atoms with Crippen molar-refractivity contribution in [2.75, 3.05) is 13.6 Å². The fourth-order valence-corrected chi connectivity index (χ4v) is 4.01. The predicted molar refractivity (Wildman–Crippen MR) is 92.6 cm³/mol. The van der Waals surface area contributed by atoms with E-state index in [1.807, 2.05) is 0 Å². The first-order valence-electron chi connectivity index (χ1n) is 8.69. The van der Waals surface area contributed by atoms with Gasteiger partial charge in [0.25, 0.3) is 0 Å². The number of sulfonamides is 1. The summed E-state index contributed by atoms with van der Waals surface area (Å²) >= 11 is 0. The van der Waals surface area contributed by atoms with Crippen molar-refractivity contribution in [2.24, 2.45) is 0 Å². The van der Waals surface area contributed by atoms with Crippen molar-refractivity contribution in [2.45, 2.75) is 55.8 Å². The van der Waals surface area contributed by atoms with E-state index in [9.17, 15) is 26.4 Å². The van der Waals surface area contributed by atoms with Gasteiger partial charge < -0.3 is 9.64 Å². The molecule has 0 saturated heterocycles. The van der Waals surface area contributed by atoms with Crippen LogP contribution in [0.5, 0.6) is 5.75 Å². The van der Waals surface area contributed by atoms with E-state index >= 15 is 0 Å². The third-order valence-corrected chi connectivity index (χ3v) is 5.96. The van der Waals surface area contributed by atoms with Crippen molar-refractivity contribution in [3.8, 4) is 5.75 Å². The van der Waals surface area contributed by atoms with Gasteiger partial charge in [-0.2, -0.15) is 0 Å². The first kappa shape index (κ1) is 21.5. The molecule has 0 aliphatic heterocycles. The number of likely N-dealkylation sites (N-methyl/N-ethyl adjacent to an activating group) is 1. The molecule has 1 saturated carbocycles. The Morgan fingerprint density at radius 3 is 2.22 bits per heavy atom. The molecule has 1 aromatic rings. The van der Waals surface area contributed by atoms with Crippen LogP contribution in [-0.2, 0) is 14.8 Å². The van der Waals surface area contributed by atoms with Crippen LogP contribution in [0.2, 0.25) is 0 Å². The molecule has 0 spiro atoms. The number of nitrogens with one attached hydrogen (secondary N) is 1. The summed E-state index contributed by atoms with van der Waals surface area (Å²) in [5.74, 6) is -0.867. The highest BCUT2D eigenvalue weighted by Crippen LogP contribution is 2.24. The summed E-state index contributed by atoms with van der Waals surface area (Å²) in [6.45, 7) is -0.407. The van der Waals surface area contributed by atoms with Gasteiger partial charge in [0.1, 0.15) is 5.75 Å². The third kappa shape index (κ3) is 6.69. The zero-order valence-electron chi connectivity index (χ0n) is 15.0. The second-order valence-electron chi connectivity index (χ2n) is 6.49. The highest BCUT2D eigenvalue weighted by Gasteiger charge is 2.31. The maximum atomic E-state index is 12.3. The van der Waals surface area contributed by atoms with Crippen molar-refractivity contribution in [3.63, 3.8) is 0 Å². The molecular weight excluding hydrogens is 385 g/mol. The second-order valence-corrected chi connectivity index (χ2v) is 8.26. The van der Waals surface area contributed by atoms with Gasteiger partial charge in [0.2, 0.25) is 15.9 Å². The molecule has 1 aromatic carbocycles. The van der Waals surface area contributed by atoms with E-state index in [1.54, 1.807) is 11.9 Å². The van der Waals surface area contributed by atoms with Crippen LogP contribution in [0.25, 0.3) is 0 Å². The maximum absolute atomic E-state index is 12.3. The van der Waals surface area contributed by atoms with E-state index in [4.69, 9.17) is 0 Å². The number of alkyl halides is 3. The topological polar surface area (TPSA) is 75.7 Å². The van der Waals surface area contributed by atoms with Gasteiger partial charge in [0, 0.05) is 13.1 Å². The molecule has 6 nitrogen and oxygen atoms in total. The smallest absolute Gasteiger partial charge is 0.406 e. The van der Waals surface area contributed by atoms with Crippen molar-refractivity contribution < 1.29 is 31.1 Å². The molecule has 152 valence electrons. The monoisotopic (exact) mass is 408 g/mol. The van der Waals surface area contributed by atoms with Crippen LogP contribution in [-0.4, -0.2) is 45.2 Å². The molecule has 2 rings (SSSR count). The Kier molecular flexibility index (Phi) is 7.10. The molecule has 1 amide bonds. The van der Waals surface area contributed by atoms with E-state index in [1.165, 1.54) is 0 Å². The number of halogens is 3. The van der Waals surface area contributed by atoms with Gasteiger partial charge in [-0.05, 0) is 37.1 Å². The largest absolute Gasteiger partial charge is 0.573 e. The van der Waals surface area contributed by atoms with Crippen LogP contribution in [0.4, 0.5) is 13.2 Å². The minimum absolute atomic E-state index is 0.100. The Labute approximate surface area is 156 Å². The maximum Gasteiger partial charge on any atom is 0.573 e. The Morgan fingerprint density at radius 2 is 1.70 bits per heavy atom. The zero-order chi connectivity index (χ0) is 20.1. The highest BCUT2D eigenvalue weighted by molar-refractivity contribution is 7.89. The van der Waals surface area contributed by atoms with Crippen LogP contribution in [0, 0.1) is 0 Å². The molecule has 1 N–H and O–H groups in total. The van der Waals surface area contributed by atoms with Gasteiger partial charge in [-0.15, -0.1) is 13.2 Å². The number of benzene rings is 1. The minimum atomic E-state index is -4.85. The minimum Gasteiger partial charge on any atom is -0.406 e. The molecule has 0 aromatic heterocycles. The molecule has 1 aliphatic carbocycles. The van der Waals surface area contributed by atoms with Gasteiger partial charge in [-0.3, -0.25) is 4.79 Å². The highest BCUT2D eigenvalue weighted by atomic mass is 32.2. The summed E-state index contributed by atoms with van der Waals surface area (Å²) in [5.41, 5.74) is 0. The van der Waals surface area contributed by atoms with Crippen LogP contribution in [0.3, 0.4) is 0 Å². The Morgan fingerprint density at radius 1 is 1.15 bits per heavy atom. The first-order valence-corrected chi connectivity index (χ1v) is 10.2. The summed E-state index contributed by atoms with van der Waals surface area (Å²) < 4.78 is 66.8. The summed E-state index contributed by atoms with van der Waals surface area (Å²) in [6, 6.07) is 3.89. The molecule has 0 atom stereocenters. The normalized spacial score (nSPS) is 16.6. The fourth-order valence-electron chi connectivity index (χ4n) is 3.03. The fraction of sp³-hybridized carbons (Fsp3) is 0.588. The van der Waals surface area contributed by atoms with Gasteiger partial charge in [-0.1, -0.05) is 25.7 Å². The van der Waals surface area contributed by atoms with Crippen molar-refractivity contribution in [1.82, 2.24) is 9.62 Å². The lowest BCUT2D eigenvalue weighted by atomic mass is 10.1. The summed E-state index contributed by atoms with van der Waals surface area (Å²) in [6.07, 6.45) is 1.30. The van der Waals surface area contributed by atoms with Crippen molar-refractivity contribution in [3.05, 3.63) is 24.3 Å².